The van der Waals surface area contributed by atoms with Gasteiger partial charge >= 0.3 is 12.1 Å². The van der Waals surface area contributed by atoms with E-state index >= 15 is 0 Å². The molecule has 3 rings (SSSR count). The van der Waals surface area contributed by atoms with Crippen LogP contribution >= 0.6 is 0 Å². The molecule has 2 aromatic rings. The lowest BCUT2D eigenvalue weighted by Gasteiger charge is -2.19. The van der Waals surface area contributed by atoms with E-state index in [0.29, 0.717) is 6.42 Å². The number of aliphatic carboxylic acids is 1. The maximum Gasteiger partial charge on any atom is 0.407 e. The fourth-order valence-corrected chi connectivity index (χ4v) is 4.15. The molecule has 2 amide bonds. The van der Waals surface area contributed by atoms with E-state index in [1.165, 1.54) is 0 Å². The van der Waals surface area contributed by atoms with E-state index < -0.39 is 24.2 Å². The van der Waals surface area contributed by atoms with E-state index in [0.717, 1.165) is 28.7 Å². The van der Waals surface area contributed by atoms with E-state index in [9.17, 15) is 19.5 Å². The molecule has 0 saturated heterocycles. The molecule has 2 atom stereocenters. The number of rotatable bonds is 11. The summed E-state index contributed by atoms with van der Waals surface area (Å²) >= 11 is 0. The molecule has 0 spiro atoms. The van der Waals surface area contributed by atoms with E-state index in [-0.39, 0.29) is 37.8 Å². The van der Waals surface area contributed by atoms with Crippen LogP contribution in [-0.4, -0.2) is 53.5 Å². The van der Waals surface area contributed by atoms with Crippen LogP contribution in [0.3, 0.4) is 0 Å². The highest BCUT2D eigenvalue weighted by Gasteiger charge is 2.29. The Hall–Kier alpha value is -3.39. The standard InChI is InChI=1S/C25H30N2O6/c1-2-7-16(14-23(29)26-13-12-22(28)24(30)31)27-25(32)33-15-21-19-10-5-3-8-17(19)18-9-4-6-11-20(18)21/h3-6,8-11,16,21-22,28H,2,7,12-15H2,1H3,(H,26,29)(H,27,32)(H,30,31)/t16-,22?/m0/s1. The van der Waals surface area contributed by atoms with Crippen LogP contribution < -0.4 is 10.6 Å². The summed E-state index contributed by atoms with van der Waals surface area (Å²) in [6.45, 7) is 2.18. The fourth-order valence-electron chi connectivity index (χ4n) is 4.15. The number of nitrogens with one attached hydrogen (secondary N) is 2. The second-order valence-electron chi connectivity index (χ2n) is 8.15. The number of aliphatic hydroxyl groups excluding tert-OH is 1. The number of amides is 2. The van der Waals surface area contributed by atoms with Gasteiger partial charge in [-0.25, -0.2) is 9.59 Å². The van der Waals surface area contributed by atoms with E-state index in [1.54, 1.807) is 0 Å². The zero-order valence-corrected chi connectivity index (χ0v) is 18.6. The highest BCUT2D eigenvalue weighted by Crippen LogP contribution is 2.44. The van der Waals surface area contributed by atoms with E-state index in [4.69, 9.17) is 9.84 Å². The topological polar surface area (TPSA) is 125 Å². The molecule has 0 fully saturated rings. The van der Waals surface area contributed by atoms with Gasteiger partial charge in [0.1, 0.15) is 6.61 Å². The van der Waals surface area contributed by atoms with Crippen molar-refractivity contribution in [3.05, 3.63) is 59.7 Å². The van der Waals surface area contributed by atoms with E-state index in [2.05, 4.69) is 22.8 Å². The SMILES string of the molecule is CCC[C@@H](CC(=O)NCCC(O)C(=O)O)NC(=O)OCC1c2ccccc2-c2ccccc21. The number of carbonyl (C=O) groups is 3. The molecule has 1 aliphatic rings. The largest absolute Gasteiger partial charge is 0.479 e. The summed E-state index contributed by atoms with van der Waals surface area (Å²) < 4.78 is 5.56. The third-order valence-corrected chi connectivity index (χ3v) is 5.76. The van der Waals surface area contributed by atoms with Crippen LogP contribution in [-0.2, 0) is 14.3 Å². The molecule has 33 heavy (non-hydrogen) atoms. The van der Waals surface area contributed by atoms with Crippen LogP contribution in [0.4, 0.5) is 4.79 Å². The number of carboxylic acid groups (broad SMARTS) is 1. The van der Waals surface area contributed by atoms with Crippen LogP contribution in [0.1, 0.15) is 49.7 Å². The number of hydrogen-bond donors (Lipinski definition) is 4. The molecule has 2 aromatic carbocycles. The lowest BCUT2D eigenvalue weighted by atomic mass is 9.98. The molecule has 1 aliphatic carbocycles. The molecule has 1 unspecified atom stereocenters. The van der Waals surface area contributed by atoms with Gasteiger partial charge in [-0.15, -0.1) is 0 Å². The quantitative estimate of drug-likeness (QED) is 0.414. The lowest BCUT2D eigenvalue weighted by Crippen LogP contribution is -2.40. The molecule has 0 heterocycles. The molecule has 8 heteroatoms. The van der Waals surface area contributed by atoms with Gasteiger partial charge in [-0.3, -0.25) is 4.79 Å². The smallest absolute Gasteiger partial charge is 0.407 e. The van der Waals surface area contributed by atoms with Crippen LogP contribution in [0.5, 0.6) is 0 Å². The zero-order chi connectivity index (χ0) is 23.8. The Kier molecular flexibility index (Phi) is 8.43. The summed E-state index contributed by atoms with van der Waals surface area (Å²) in [5.41, 5.74) is 4.55. The van der Waals surface area contributed by atoms with Crippen molar-refractivity contribution in [2.75, 3.05) is 13.2 Å². The van der Waals surface area contributed by atoms with E-state index in [1.807, 2.05) is 43.3 Å². The molecule has 0 aliphatic heterocycles. The molecular formula is C25H30N2O6. The Morgan fingerprint density at radius 1 is 1.00 bits per heavy atom. The summed E-state index contributed by atoms with van der Waals surface area (Å²) in [7, 11) is 0. The number of aliphatic hydroxyl groups is 1. The average Bonchev–Trinajstić information content (AvgIpc) is 3.11. The highest BCUT2D eigenvalue weighted by molar-refractivity contribution is 5.79. The van der Waals surface area contributed by atoms with Gasteiger partial charge in [0.05, 0.1) is 0 Å². The first-order valence-corrected chi connectivity index (χ1v) is 11.2. The molecule has 4 N–H and O–H groups in total. The molecule has 8 nitrogen and oxygen atoms in total. The van der Waals surface area contributed by atoms with Gasteiger partial charge in [0.2, 0.25) is 5.91 Å². The molecule has 0 radical (unpaired) electrons. The second kappa shape index (κ2) is 11.5. The predicted octanol–water partition coefficient (Wildman–Crippen LogP) is 3.04. The van der Waals surface area contributed by atoms with Crippen molar-refractivity contribution in [1.82, 2.24) is 10.6 Å². The first-order chi connectivity index (χ1) is 15.9. The Balaban J connectivity index is 1.52. The maximum atomic E-state index is 12.5. The summed E-state index contributed by atoms with van der Waals surface area (Å²) in [5, 5.41) is 23.3. The third kappa shape index (κ3) is 6.32. The van der Waals surface area contributed by atoms with Crippen molar-refractivity contribution in [2.24, 2.45) is 0 Å². The first-order valence-electron chi connectivity index (χ1n) is 11.2. The summed E-state index contributed by atoms with van der Waals surface area (Å²) in [5.74, 6) is -1.70. The van der Waals surface area contributed by atoms with Gasteiger partial charge in [-0.1, -0.05) is 61.9 Å². The normalized spacial score (nSPS) is 14.0. The minimum absolute atomic E-state index is 0.0378. The van der Waals surface area contributed by atoms with Gasteiger partial charge in [-0.05, 0) is 28.7 Å². The van der Waals surface area contributed by atoms with Gasteiger partial charge in [-0.2, -0.15) is 0 Å². The lowest BCUT2D eigenvalue weighted by molar-refractivity contribution is -0.147. The third-order valence-electron chi connectivity index (χ3n) is 5.76. The highest BCUT2D eigenvalue weighted by atomic mass is 16.5. The number of carbonyl (C=O) groups excluding carboxylic acids is 2. The van der Waals surface area contributed by atoms with Gasteiger partial charge in [0, 0.05) is 31.3 Å². The summed E-state index contributed by atoms with van der Waals surface area (Å²) in [4.78, 5) is 35.3. The zero-order valence-electron chi connectivity index (χ0n) is 18.6. The molecular weight excluding hydrogens is 424 g/mol. The summed E-state index contributed by atoms with van der Waals surface area (Å²) in [6, 6.07) is 15.8. The number of alkyl carbamates (subject to hydrolysis) is 1. The number of carboxylic acids is 1. The van der Waals surface area contributed by atoms with Crippen molar-refractivity contribution in [3.63, 3.8) is 0 Å². The minimum Gasteiger partial charge on any atom is -0.479 e. The number of fused-ring (bicyclic) bond motifs is 3. The van der Waals surface area contributed by atoms with Crippen molar-refractivity contribution in [1.29, 1.82) is 0 Å². The maximum absolute atomic E-state index is 12.5. The summed E-state index contributed by atoms with van der Waals surface area (Å²) in [6.07, 6.45) is -0.782. The first kappa shape index (κ1) is 24.3. The predicted molar refractivity (Wildman–Crippen MR) is 123 cm³/mol. The van der Waals surface area contributed by atoms with Gasteiger partial charge in [0.25, 0.3) is 0 Å². The minimum atomic E-state index is -1.52. The van der Waals surface area contributed by atoms with Crippen LogP contribution in [0.25, 0.3) is 11.1 Å². The Labute approximate surface area is 193 Å². The average molecular weight is 455 g/mol. The van der Waals surface area contributed by atoms with Crippen molar-refractivity contribution in [2.45, 2.75) is 50.7 Å². The van der Waals surface area contributed by atoms with Crippen LogP contribution in [0.2, 0.25) is 0 Å². The van der Waals surface area contributed by atoms with Crippen molar-refractivity contribution in [3.8, 4) is 11.1 Å². The fraction of sp³-hybridized carbons (Fsp3) is 0.400. The molecule has 0 aromatic heterocycles. The molecule has 0 bridgehead atoms. The number of benzene rings is 2. The molecule has 0 saturated carbocycles. The Morgan fingerprint density at radius 3 is 2.18 bits per heavy atom. The molecule has 176 valence electrons. The van der Waals surface area contributed by atoms with Gasteiger partial charge < -0.3 is 25.6 Å². The van der Waals surface area contributed by atoms with Crippen LogP contribution in [0, 0.1) is 0 Å². The van der Waals surface area contributed by atoms with Gasteiger partial charge in [0.15, 0.2) is 6.10 Å². The van der Waals surface area contributed by atoms with Crippen molar-refractivity contribution >= 4 is 18.0 Å². The number of hydrogen-bond acceptors (Lipinski definition) is 5. The number of ether oxygens (including phenoxy) is 1. The Morgan fingerprint density at radius 2 is 1.61 bits per heavy atom. The van der Waals surface area contributed by atoms with Crippen molar-refractivity contribution < 1.29 is 29.3 Å². The second-order valence-corrected chi connectivity index (χ2v) is 8.15. The monoisotopic (exact) mass is 454 g/mol. The van der Waals surface area contributed by atoms with Crippen LogP contribution in [0.15, 0.2) is 48.5 Å². The Bertz CT molecular complexity index is 947.